The maximum Gasteiger partial charge on any atom is 0.270 e. The molecule has 0 aliphatic carbocycles. The van der Waals surface area contributed by atoms with Crippen LogP contribution in [0.2, 0.25) is 0 Å². The minimum Gasteiger partial charge on any atom is -0.360 e. The van der Waals surface area contributed by atoms with Gasteiger partial charge in [-0.2, -0.15) is 5.26 Å². The molecule has 1 fully saturated rings. The van der Waals surface area contributed by atoms with E-state index in [4.69, 9.17) is 0 Å². The Hall–Kier alpha value is -2.95. The Bertz CT molecular complexity index is 884. The van der Waals surface area contributed by atoms with E-state index in [9.17, 15) is 15.4 Å². The quantitative estimate of drug-likeness (QED) is 0.621. The first kappa shape index (κ1) is 16.5. The summed E-state index contributed by atoms with van der Waals surface area (Å²) in [5.41, 5.74) is 1.02. The molecule has 134 valence electrons. The third kappa shape index (κ3) is 2.79. The minimum absolute atomic E-state index is 0.0580. The zero-order chi connectivity index (χ0) is 18.1. The largest absolute Gasteiger partial charge is 0.360 e. The maximum absolute atomic E-state index is 11.0. The molecule has 0 amide bonds. The van der Waals surface area contributed by atoms with Gasteiger partial charge in [-0.05, 0) is 31.7 Å². The van der Waals surface area contributed by atoms with Crippen molar-refractivity contribution in [3.05, 3.63) is 45.5 Å². The van der Waals surface area contributed by atoms with Crippen molar-refractivity contribution in [3.63, 3.8) is 0 Å². The van der Waals surface area contributed by atoms with E-state index in [1.807, 2.05) is 0 Å². The molecule has 3 heterocycles. The lowest BCUT2D eigenvalue weighted by Crippen LogP contribution is -2.26. The fourth-order valence-electron chi connectivity index (χ4n) is 4.06. The molecule has 26 heavy (non-hydrogen) atoms. The molecular weight excluding hydrogens is 332 g/mol. The van der Waals surface area contributed by atoms with Crippen molar-refractivity contribution in [2.24, 2.45) is 0 Å². The van der Waals surface area contributed by atoms with Gasteiger partial charge in [0, 0.05) is 31.6 Å². The average Bonchev–Trinajstić information content (AvgIpc) is 3.21. The first-order valence-electron chi connectivity index (χ1n) is 9.06. The number of fused-ring (bicyclic) bond motifs is 1. The standard InChI is InChI=1S/C18H20N6O2/c19-12-13-11-14(24(25)26)7-8-15(13)22-10-4-5-16(22)18-21-20-17-6-2-1-3-9-23(17)18/h7-8,11,16H,1-6,9-10H2. The summed E-state index contributed by atoms with van der Waals surface area (Å²) in [4.78, 5) is 12.7. The molecule has 1 saturated heterocycles. The summed E-state index contributed by atoms with van der Waals surface area (Å²) >= 11 is 0. The Labute approximate surface area is 151 Å². The van der Waals surface area contributed by atoms with Crippen molar-refractivity contribution >= 4 is 11.4 Å². The van der Waals surface area contributed by atoms with Gasteiger partial charge in [0.25, 0.3) is 5.69 Å². The fraction of sp³-hybridized carbons (Fsp3) is 0.500. The number of nitro benzene ring substituents is 1. The van der Waals surface area contributed by atoms with E-state index in [1.165, 1.54) is 18.6 Å². The Balaban J connectivity index is 1.71. The number of aryl methyl sites for hydroxylation is 1. The van der Waals surface area contributed by atoms with Gasteiger partial charge in [0.1, 0.15) is 11.9 Å². The lowest BCUT2D eigenvalue weighted by molar-refractivity contribution is -0.384. The summed E-state index contributed by atoms with van der Waals surface area (Å²) in [5.74, 6) is 2.01. The molecule has 8 heteroatoms. The second-order valence-corrected chi connectivity index (χ2v) is 6.86. The van der Waals surface area contributed by atoms with Crippen LogP contribution in [0.3, 0.4) is 0 Å². The van der Waals surface area contributed by atoms with Crippen molar-refractivity contribution < 1.29 is 4.92 Å². The van der Waals surface area contributed by atoms with Crippen LogP contribution in [-0.4, -0.2) is 26.2 Å². The van der Waals surface area contributed by atoms with Crippen LogP contribution in [0.25, 0.3) is 0 Å². The smallest absolute Gasteiger partial charge is 0.270 e. The summed E-state index contributed by atoms with van der Waals surface area (Å²) in [5, 5.41) is 29.4. The third-order valence-electron chi connectivity index (χ3n) is 5.31. The van der Waals surface area contributed by atoms with Crippen LogP contribution in [0.5, 0.6) is 0 Å². The predicted molar refractivity (Wildman–Crippen MR) is 94.7 cm³/mol. The van der Waals surface area contributed by atoms with Gasteiger partial charge < -0.3 is 9.47 Å². The average molecular weight is 352 g/mol. The zero-order valence-electron chi connectivity index (χ0n) is 14.5. The summed E-state index contributed by atoms with van der Waals surface area (Å²) in [6, 6.07) is 6.69. The molecule has 2 aliphatic rings. The second kappa shape index (κ2) is 6.75. The van der Waals surface area contributed by atoms with Crippen molar-refractivity contribution in [3.8, 4) is 6.07 Å². The van der Waals surface area contributed by atoms with Crippen LogP contribution in [0, 0.1) is 21.4 Å². The molecule has 1 atom stereocenters. The third-order valence-corrected chi connectivity index (χ3v) is 5.31. The molecule has 2 aliphatic heterocycles. The highest BCUT2D eigenvalue weighted by molar-refractivity contribution is 5.64. The van der Waals surface area contributed by atoms with E-state index in [-0.39, 0.29) is 11.7 Å². The van der Waals surface area contributed by atoms with Gasteiger partial charge in [0.05, 0.1) is 22.2 Å². The number of nitrogens with zero attached hydrogens (tertiary/aromatic N) is 6. The van der Waals surface area contributed by atoms with E-state index in [0.717, 1.165) is 62.5 Å². The molecule has 1 aromatic heterocycles. The SMILES string of the molecule is N#Cc1cc([N+](=O)[O-])ccc1N1CCCC1c1nnc2n1CCCCC2. The highest BCUT2D eigenvalue weighted by Gasteiger charge is 2.33. The van der Waals surface area contributed by atoms with Crippen LogP contribution in [-0.2, 0) is 13.0 Å². The number of hydrogen-bond acceptors (Lipinski definition) is 6. The maximum atomic E-state index is 11.0. The second-order valence-electron chi connectivity index (χ2n) is 6.86. The van der Waals surface area contributed by atoms with E-state index in [2.05, 4.69) is 25.7 Å². The number of nitriles is 1. The van der Waals surface area contributed by atoms with E-state index >= 15 is 0 Å². The molecule has 0 radical (unpaired) electrons. The van der Waals surface area contributed by atoms with Crippen LogP contribution < -0.4 is 4.90 Å². The van der Waals surface area contributed by atoms with E-state index < -0.39 is 4.92 Å². The van der Waals surface area contributed by atoms with Gasteiger partial charge in [-0.25, -0.2) is 0 Å². The van der Waals surface area contributed by atoms with Crippen LogP contribution in [0.4, 0.5) is 11.4 Å². The number of hydrogen-bond donors (Lipinski definition) is 0. The summed E-state index contributed by atoms with van der Waals surface area (Å²) in [6.07, 6.45) is 6.38. The first-order valence-corrected chi connectivity index (χ1v) is 9.06. The van der Waals surface area contributed by atoms with E-state index in [1.54, 1.807) is 6.07 Å². The summed E-state index contributed by atoms with van der Waals surface area (Å²) in [7, 11) is 0. The topological polar surface area (TPSA) is 101 Å². The number of rotatable bonds is 3. The lowest BCUT2D eigenvalue weighted by Gasteiger charge is -2.27. The van der Waals surface area contributed by atoms with Crippen molar-refractivity contribution in [2.75, 3.05) is 11.4 Å². The van der Waals surface area contributed by atoms with Crippen LogP contribution >= 0.6 is 0 Å². The van der Waals surface area contributed by atoms with Gasteiger partial charge in [-0.15, -0.1) is 10.2 Å². The molecule has 1 aromatic carbocycles. The number of benzene rings is 1. The van der Waals surface area contributed by atoms with Crippen molar-refractivity contribution in [1.82, 2.24) is 14.8 Å². The molecule has 1 unspecified atom stereocenters. The molecule has 0 bridgehead atoms. The van der Waals surface area contributed by atoms with Gasteiger partial charge in [0.2, 0.25) is 0 Å². The Morgan fingerprint density at radius 1 is 1.19 bits per heavy atom. The van der Waals surface area contributed by atoms with Crippen molar-refractivity contribution in [2.45, 2.75) is 51.1 Å². The number of aromatic nitrogens is 3. The molecular formula is C18H20N6O2. The van der Waals surface area contributed by atoms with Gasteiger partial charge >= 0.3 is 0 Å². The number of nitro groups is 1. The van der Waals surface area contributed by atoms with Gasteiger partial charge in [-0.1, -0.05) is 6.42 Å². The molecule has 0 spiro atoms. The molecule has 8 nitrogen and oxygen atoms in total. The highest BCUT2D eigenvalue weighted by Crippen LogP contribution is 2.38. The minimum atomic E-state index is -0.468. The normalized spacial score (nSPS) is 19.7. The lowest BCUT2D eigenvalue weighted by atomic mass is 10.1. The molecule has 0 N–H and O–H groups in total. The Morgan fingerprint density at radius 3 is 2.88 bits per heavy atom. The van der Waals surface area contributed by atoms with Gasteiger partial charge in [-0.3, -0.25) is 10.1 Å². The van der Waals surface area contributed by atoms with E-state index in [0.29, 0.717) is 5.56 Å². The monoisotopic (exact) mass is 352 g/mol. The van der Waals surface area contributed by atoms with Gasteiger partial charge in [0.15, 0.2) is 5.82 Å². The number of anilines is 1. The van der Waals surface area contributed by atoms with Crippen LogP contribution in [0.15, 0.2) is 18.2 Å². The Morgan fingerprint density at radius 2 is 2.08 bits per heavy atom. The summed E-state index contributed by atoms with van der Waals surface area (Å²) < 4.78 is 2.24. The van der Waals surface area contributed by atoms with Crippen LogP contribution in [0.1, 0.15) is 55.4 Å². The molecule has 4 rings (SSSR count). The Kier molecular flexibility index (Phi) is 4.29. The highest BCUT2D eigenvalue weighted by atomic mass is 16.6. The molecule has 0 saturated carbocycles. The zero-order valence-corrected chi connectivity index (χ0v) is 14.5. The summed E-state index contributed by atoms with van der Waals surface area (Å²) in [6.45, 7) is 1.74. The fourth-order valence-corrected chi connectivity index (χ4v) is 4.06. The first-order chi connectivity index (χ1) is 12.7. The number of non-ortho nitro benzene ring substituents is 1. The van der Waals surface area contributed by atoms with Crippen molar-refractivity contribution in [1.29, 1.82) is 5.26 Å². The predicted octanol–water partition coefficient (Wildman–Crippen LogP) is 3.13. The molecule has 2 aromatic rings.